The first-order chi connectivity index (χ1) is 7.66. The second kappa shape index (κ2) is 4.62. The Morgan fingerprint density at radius 2 is 2.06 bits per heavy atom. The normalized spacial score (nSPS) is 10.4. The van der Waals surface area contributed by atoms with Crippen LogP contribution in [0.2, 0.25) is 0 Å². The van der Waals surface area contributed by atoms with Crippen LogP contribution in [0.15, 0.2) is 35.7 Å². The van der Waals surface area contributed by atoms with E-state index < -0.39 is 0 Å². The Morgan fingerprint density at radius 1 is 1.25 bits per heavy atom. The molecule has 0 fully saturated rings. The summed E-state index contributed by atoms with van der Waals surface area (Å²) in [6, 6.07) is 10.1. The Balaban J connectivity index is 2.17. The van der Waals surface area contributed by atoms with Gasteiger partial charge in [-0.05, 0) is 36.4 Å². The van der Waals surface area contributed by atoms with Crippen molar-refractivity contribution in [3.05, 3.63) is 57.3 Å². The maximum atomic E-state index is 12.0. The molecule has 1 aromatic heterocycles. The zero-order valence-corrected chi connectivity index (χ0v) is 10.3. The summed E-state index contributed by atoms with van der Waals surface area (Å²) in [7, 11) is 0. The van der Waals surface area contributed by atoms with E-state index in [2.05, 4.69) is 6.07 Å². The maximum Gasteiger partial charge on any atom is 0.177 e. The van der Waals surface area contributed by atoms with E-state index in [0.29, 0.717) is 6.42 Å². The van der Waals surface area contributed by atoms with Crippen molar-refractivity contribution >= 4 is 17.1 Å². The van der Waals surface area contributed by atoms with Crippen LogP contribution < -0.4 is 0 Å². The van der Waals surface area contributed by atoms with E-state index in [1.54, 1.807) is 0 Å². The van der Waals surface area contributed by atoms with Crippen molar-refractivity contribution < 1.29 is 4.79 Å². The van der Waals surface area contributed by atoms with Gasteiger partial charge in [0.05, 0.1) is 4.88 Å². The van der Waals surface area contributed by atoms with Crippen LogP contribution in [0.3, 0.4) is 0 Å². The smallest absolute Gasteiger partial charge is 0.177 e. The van der Waals surface area contributed by atoms with Gasteiger partial charge in [0.25, 0.3) is 0 Å². The average molecular weight is 230 g/mol. The molecule has 0 N–H and O–H groups in total. The third kappa shape index (κ3) is 2.39. The Labute approximate surface area is 99.8 Å². The lowest BCUT2D eigenvalue weighted by atomic mass is 10.0. The van der Waals surface area contributed by atoms with E-state index >= 15 is 0 Å². The van der Waals surface area contributed by atoms with Crippen LogP contribution in [0.4, 0.5) is 0 Å². The summed E-state index contributed by atoms with van der Waals surface area (Å²) in [6.07, 6.45) is 0.503. The summed E-state index contributed by atoms with van der Waals surface area (Å²) in [4.78, 5) is 12.9. The van der Waals surface area contributed by atoms with Gasteiger partial charge in [-0.2, -0.15) is 0 Å². The van der Waals surface area contributed by atoms with Gasteiger partial charge in [-0.3, -0.25) is 4.79 Å². The van der Waals surface area contributed by atoms with Gasteiger partial charge in [0, 0.05) is 6.42 Å². The SMILES string of the molecule is Cc1cccc(CC(=O)c2sccc2C)c1. The fourth-order valence-electron chi connectivity index (χ4n) is 1.75. The lowest BCUT2D eigenvalue weighted by Gasteiger charge is -2.01. The van der Waals surface area contributed by atoms with Crippen molar-refractivity contribution in [1.82, 2.24) is 0 Å². The molecule has 1 nitrogen and oxygen atoms in total. The summed E-state index contributed by atoms with van der Waals surface area (Å²) in [6.45, 7) is 4.03. The minimum atomic E-state index is 0.220. The van der Waals surface area contributed by atoms with Crippen molar-refractivity contribution in [2.24, 2.45) is 0 Å². The van der Waals surface area contributed by atoms with Crippen LogP contribution in [0.5, 0.6) is 0 Å². The molecule has 1 heterocycles. The number of Topliss-reactive ketones (excluding diaryl/α,β-unsaturated/α-hetero) is 1. The second-order valence-electron chi connectivity index (χ2n) is 4.02. The topological polar surface area (TPSA) is 17.1 Å². The number of ketones is 1. The number of carbonyl (C=O) groups is 1. The monoisotopic (exact) mass is 230 g/mol. The predicted octanol–water partition coefficient (Wildman–Crippen LogP) is 3.79. The molecular formula is C14H14OS. The molecule has 2 aromatic rings. The molecule has 0 spiro atoms. The highest BCUT2D eigenvalue weighted by atomic mass is 32.1. The van der Waals surface area contributed by atoms with Crippen LogP contribution in [0.1, 0.15) is 26.4 Å². The van der Waals surface area contributed by atoms with E-state index in [1.807, 2.05) is 43.5 Å². The molecule has 0 unspecified atom stereocenters. The van der Waals surface area contributed by atoms with Gasteiger partial charge in [0.2, 0.25) is 0 Å². The average Bonchev–Trinajstić information content (AvgIpc) is 2.64. The van der Waals surface area contributed by atoms with E-state index in [4.69, 9.17) is 0 Å². The molecule has 82 valence electrons. The standard InChI is InChI=1S/C14H14OS/c1-10-4-3-5-12(8-10)9-13(15)14-11(2)6-7-16-14/h3-8H,9H2,1-2H3. The van der Waals surface area contributed by atoms with Crippen LogP contribution in [-0.4, -0.2) is 5.78 Å². The van der Waals surface area contributed by atoms with Crippen molar-refractivity contribution in [1.29, 1.82) is 0 Å². The molecule has 0 bridgehead atoms. The van der Waals surface area contributed by atoms with E-state index in [0.717, 1.165) is 16.0 Å². The molecule has 2 rings (SSSR count). The third-order valence-electron chi connectivity index (χ3n) is 2.56. The van der Waals surface area contributed by atoms with Crippen molar-refractivity contribution in [3.8, 4) is 0 Å². The minimum Gasteiger partial charge on any atom is -0.293 e. The Hall–Kier alpha value is -1.41. The summed E-state index contributed by atoms with van der Waals surface area (Å²) in [5.74, 6) is 0.220. The Morgan fingerprint density at radius 3 is 2.69 bits per heavy atom. The fraction of sp³-hybridized carbons (Fsp3) is 0.214. The first-order valence-electron chi connectivity index (χ1n) is 5.29. The highest BCUT2D eigenvalue weighted by molar-refractivity contribution is 7.12. The van der Waals surface area contributed by atoms with Crippen molar-refractivity contribution in [2.75, 3.05) is 0 Å². The summed E-state index contributed by atoms with van der Waals surface area (Å²) in [5.41, 5.74) is 3.38. The lowest BCUT2D eigenvalue weighted by molar-refractivity contribution is 0.0996. The van der Waals surface area contributed by atoms with Gasteiger partial charge in [-0.1, -0.05) is 29.8 Å². The molecule has 0 saturated carbocycles. The molecule has 0 radical (unpaired) electrons. The number of aryl methyl sites for hydroxylation is 2. The van der Waals surface area contributed by atoms with Crippen molar-refractivity contribution in [3.63, 3.8) is 0 Å². The molecular weight excluding hydrogens is 216 g/mol. The van der Waals surface area contributed by atoms with Gasteiger partial charge in [-0.15, -0.1) is 11.3 Å². The van der Waals surface area contributed by atoms with Gasteiger partial charge >= 0.3 is 0 Å². The van der Waals surface area contributed by atoms with Crippen molar-refractivity contribution in [2.45, 2.75) is 20.3 Å². The largest absolute Gasteiger partial charge is 0.293 e. The lowest BCUT2D eigenvalue weighted by Crippen LogP contribution is -2.02. The van der Waals surface area contributed by atoms with E-state index in [9.17, 15) is 4.79 Å². The van der Waals surface area contributed by atoms with Gasteiger partial charge < -0.3 is 0 Å². The summed E-state index contributed by atoms with van der Waals surface area (Å²) < 4.78 is 0. The summed E-state index contributed by atoms with van der Waals surface area (Å²) >= 11 is 1.53. The third-order valence-corrected chi connectivity index (χ3v) is 3.62. The highest BCUT2D eigenvalue weighted by Crippen LogP contribution is 2.18. The molecule has 0 saturated heterocycles. The zero-order chi connectivity index (χ0) is 11.5. The fourth-order valence-corrected chi connectivity index (χ4v) is 2.61. The molecule has 0 aliphatic rings. The number of hydrogen-bond donors (Lipinski definition) is 0. The Kier molecular flexibility index (Phi) is 3.20. The predicted molar refractivity (Wildman–Crippen MR) is 68.3 cm³/mol. The molecule has 0 amide bonds. The van der Waals surface area contributed by atoms with Crippen LogP contribution in [0.25, 0.3) is 0 Å². The number of thiophene rings is 1. The van der Waals surface area contributed by atoms with Gasteiger partial charge in [0.1, 0.15) is 0 Å². The van der Waals surface area contributed by atoms with Gasteiger partial charge in [-0.25, -0.2) is 0 Å². The maximum absolute atomic E-state index is 12.0. The molecule has 1 aromatic carbocycles. The number of rotatable bonds is 3. The first kappa shape index (κ1) is 11.1. The van der Waals surface area contributed by atoms with Crippen LogP contribution in [-0.2, 0) is 6.42 Å². The van der Waals surface area contributed by atoms with Crippen LogP contribution >= 0.6 is 11.3 Å². The van der Waals surface area contributed by atoms with E-state index in [-0.39, 0.29) is 5.78 Å². The molecule has 0 aliphatic heterocycles. The van der Waals surface area contributed by atoms with Crippen LogP contribution in [0, 0.1) is 13.8 Å². The molecule has 16 heavy (non-hydrogen) atoms. The molecule has 0 aliphatic carbocycles. The first-order valence-corrected chi connectivity index (χ1v) is 6.17. The number of benzene rings is 1. The quantitative estimate of drug-likeness (QED) is 0.733. The van der Waals surface area contributed by atoms with Gasteiger partial charge in [0.15, 0.2) is 5.78 Å². The minimum absolute atomic E-state index is 0.220. The molecule has 2 heteroatoms. The van der Waals surface area contributed by atoms with E-state index in [1.165, 1.54) is 16.9 Å². The highest BCUT2D eigenvalue weighted by Gasteiger charge is 2.10. The molecule has 0 atom stereocenters. The summed E-state index contributed by atoms with van der Waals surface area (Å²) in [5, 5.41) is 1.97. The number of carbonyl (C=O) groups excluding carboxylic acids is 1. The zero-order valence-electron chi connectivity index (χ0n) is 9.49. The number of hydrogen-bond acceptors (Lipinski definition) is 2. The second-order valence-corrected chi connectivity index (χ2v) is 4.94. The Bertz CT molecular complexity index is 511.